The van der Waals surface area contributed by atoms with Gasteiger partial charge in [0.25, 0.3) is 0 Å². The zero-order chi connectivity index (χ0) is 25.5. The molecule has 0 atom stereocenters. The molecule has 10 heteroatoms. The number of aromatic nitrogens is 3. The number of thioether (sulfide) groups is 1. The van der Waals surface area contributed by atoms with Crippen molar-refractivity contribution < 1.29 is 14.3 Å². The molecule has 0 saturated carbocycles. The van der Waals surface area contributed by atoms with Crippen molar-refractivity contribution in [2.24, 2.45) is 0 Å². The standard InChI is InChI=1S/C26H24Cl2N4O3S/c1-3-34-20-11-7-19(8-12-20)32-24(15-35-21-9-4-17(2)5-10-21)30-31-26(32)36-16-25(33)29-23-14-18(27)6-13-22(23)28/h4-14H,3,15-16H2,1-2H3,(H,29,33). The van der Waals surface area contributed by atoms with Crippen molar-refractivity contribution in [3.63, 3.8) is 0 Å². The van der Waals surface area contributed by atoms with Crippen LogP contribution in [0.2, 0.25) is 10.0 Å². The van der Waals surface area contributed by atoms with Gasteiger partial charge in [0.2, 0.25) is 5.91 Å². The van der Waals surface area contributed by atoms with Crippen molar-refractivity contribution in [2.75, 3.05) is 17.7 Å². The van der Waals surface area contributed by atoms with Crippen LogP contribution in [-0.4, -0.2) is 33.0 Å². The molecule has 1 amide bonds. The van der Waals surface area contributed by atoms with Crippen molar-refractivity contribution in [3.05, 3.63) is 88.2 Å². The number of rotatable bonds is 10. The summed E-state index contributed by atoms with van der Waals surface area (Å²) in [5.41, 5.74) is 2.43. The molecule has 0 unspecified atom stereocenters. The highest BCUT2D eigenvalue weighted by molar-refractivity contribution is 7.99. The quantitative estimate of drug-likeness (QED) is 0.228. The Balaban J connectivity index is 1.53. The summed E-state index contributed by atoms with van der Waals surface area (Å²) in [5.74, 6) is 1.94. The third kappa shape index (κ3) is 6.72. The fraction of sp³-hybridized carbons (Fsp3) is 0.192. The maximum atomic E-state index is 12.6. The fourth-order valence-electron chi connectivity index (χ4n) is 3.30. The van der Waals surface area contributed by atoms with E-state index in [0.29, 0.717) is 33.3 Å². The van der Waals surface area contributed by atoms with Crippen LogP contribution in [0.15, 0.2) is 71.9 Å². The van der Waals surface area contributed by atoms with Gasteiger partial charge < -0.3 is 14.8 Å². The Labute approximate surface area is 223 Å². The molecule has 4 rings (SSSR count). The van der Waals surface area contributed by atoms with E-state index >= 15 is 0 Å². The minimum absolute atomic E-state index is 0.0941. The molecule has 186 valence electrons. The Morgan fingerprint density at radius 2 is 1.67 bits per heavy atom. The fourth-order valence-corrected chi connectivity index (χ4v) is 4.40. The van der Waals surface area contributed by atoms with Gasteiger partial charge in [0, 0.05) is 10.7 Å². The molecule has 0 saturated heterocycles. The number of amides is 1. The molecule has 36 heavy (non-hydrogen) atoms. The second-order valence-electron chi connectivity index (χ2n) is 7.72. The van der Waals surface area contributed by atoms with E-state index in [1.807, 2.05) is 66.9 Å². The van der Waals surface area contributed by atoms with Crippen LogP contribution in [0.25, 0.3) is 5.69 Å². The Kier molecular flexibility index (Phi) is 8.74. The highest BCUT2D eigenvalue weighted by Crippen LogP contribution is 2.27. The molecule has 1 N–H and O–H groups in total. The van der Waals surface area contributed by atoms with Crippen LogP contribution in [0.1, 0.15) is 18.3 Å². The van der Waals surface area contributed by atoms with Crippen LogP contribution >= 0.6 is 35.0 Å². The van der Waals surface area contributed by atoms with Crippen LogP contribution in [-0.2, 0) is 11.4 Å². The number of carbonyl (C=O) groups is 1. The topological polar surface area (TPSA) is 78.3 Å². The van der Waals surface area contributed by atoms with Crippen LogP contribution in [0.5, 0.6) is 11.5 Å². The van der Waals surface area contributed by atoms with E-state index in [2.05, 4.69) is 15.5 Å². The Bertz CT molecular complexity index is 1330. The predicted molar refractivity (Wildman–Crippen MR) is 144 cm³/mol. The van der Waals surface area contributed by atoms with E-state index in [-0.39, 0.29) is 18.3 Å². The second-order valence-corrected chi connectivity index (χ2v) is 9.51. The summed E-state index contributed by atoms with van der Waals surface area (Å²) in [6, 6.07) is 20.3. The number of nitrogens with one attached hydrogen (secondary N) is 1. The van der Waals surface area contributed by atoms with Crippen LogP contribution < -0.4 is 14.8 Å². The smallest absolute Gasteiger partial charge is 0.234 e. The maximum absolute atomic E-state index is 12.6. The number of hydrogen-bond acceptors (Lipinski definition) is 6. The molecule has 3 aromatic carbocycles. The van der Waals surface area contributed by atoms with Crippen LogP contribution in [0, 0.1) is 6.92 Å². The van der Waals surface area contributed by atoms with Gasteiger partial charge in [-0.3, -0.25) is 9.36 Å². The molecular weight excluding hydrogens is 519 g/mol. The molecule has 0 aliphatic carbocycles. The lowest BCUT2D eigenvalue weighted by Gasteiger charge is -2.12. The highest BCUT2D eigenvalue weighted by Gasteiger charge is 2.17. The first kappa shape index (κ1) is 25.9. The van der Waals surface area contributed by atoms with Gasteiger partial charge >= 0.3 is 0 Å². The minimum Gasteiger partial charge on any atom is -0.494 e. The molecule has 1 aromatic heterocycles. The molecule has 0 aliphatic heterocycles. The Morgan fingerprint density at radius 1 is 0.972 bits per heavy atom. The van der Waals surface area contributed by atoms with E-state index in [0.717, 1.165) is 22.7 Å². The minimum atomic E-state index is -0.247. The van der Waals surface area contributed by atoms with Gasteiger partial charge in [0.15, 0.2) is 11.0 Å². The van der Waals surface area contributed by atoms with Gasteiger partial charge in [0.05, 0.1) is 23.1 Å². The average molecular weight is 543 g/mol. The SMILES string of the molecule is CCOc1ccc(-n2c(COc3ccc(C)cc3)nnc2SCC(=O)Nc2cc(Cl)ccc2Cl)cc1. The zero-order valence-electron chi connectivity index (χ0n) is 19.7. The first-order valence-corrected chi connectivity index (χ1v) is 12.9. The molecule has 0 bridgehead atoms. The van der Waals surface area contributed by atoms with E-state index in [1.165, 1.54) is 11.8 Å². The van der Waals surface area contributed by atoms with Crippen molar-refractivity contribution in [1.29, 1.82) is 0 Å². The van der Waals surface area contributed by atoms with Gasteiger partial charge in [-0.1, -0.05) is 52.7 Å². The highest BCUT2D eigenvalue weighted by atomic mass is 35.5. The van der Waals surface area contributed by atoms with Gasteiger partial charge in [0.1, 0.15) is 18.1 Å². The molecule has 1 heterocycles. The van der Waals surface area contributed by atoms with Crippen molar-refractivity contribution in [3.8, 4) is 17.2 Å². The number of carbonyl (C=O) groups excluding carboxylic acids is 1. The van der Waals surface area contributed by atoms with Crippen LogP contribution in [0.3, 0.4) is 0 Å². The number of nitrogens with zero attached hydrogens (tertiary/aromatic N) is 3. The largest absolute Gasteiger partial charge is 0.494 e. The summed E-state index contributed by atoms with van der Waals surface area (Å²) in [6.45, 7) is 4.74. The van der Waals surface area contributed by atoms with Gasteiger partial charge in [-0.2, -0.15) is 0 Å². The van der Waals surface area contributed by atoms with Gasteiger partial charge in [-0.15, -0.1) is 10.2 Å². The van der Waals surface area contributed by atoms with Crippen molar-refractivity contribution in [1.82, 2.24) is 14.8 Å². The van der Waals surface area contributed by atoms with E-state index in [1.54, 1.807) is 18.2 Å². The average Bonchev–Trinajstić information content (AvgIpc) is 3.28. The Morgan fingerprint density at radius 3 is 2.39 bits per heavy atom. The summed E-state index contributed by atoms with van der Waals surface area (Å²) < 4.78 is 13.4. The monoisotopic (exact) mass is 542 g/mol. The molecule has 4 aromatic rings. The first-order chi connectivity index (χ1) is 17.4. The second kappa shape index (κ2) is 12.2. The van der Waals surface area contributed by atoms with Gasteiger partial charge in [-0.05, 0) is 68.4 Å². The number of hydrogen-bond donors (Lipinski definition) is 1. The summed E-state index contributed by atoms with van der Waals surface area (Å²) >= 11 is 13.4. The Hall–Kier alpha value is -3.20. The lowest BCUT2D eigenvalue weighted by Crippen LogP contribution is -2.15. The first-order valence-electron chi connectivity index (χ1n) is 11.2. The van der Waals surface area contributed by atoms with Crippen molar-refractivity contribution in [2.45, 2.75) is 25.6 Å². The molecule has 0 spiro atoms. The normalized spacial score (nSPS) is 10.8. The summed E-state index contributed by atoms with van der Waals surface area (Å²) in [5, 5.41) is 12.9. The third-order valence-corrected chi connectivity index (χ3v) is 6.52. The number of benzene rings is 3. The maximum Gasteiger partial charge on any atom is 0.234 e. The van der Waals surface area contributed by atoms with Gasteiger partial charge in [-0.25, -0.2) is 0 Å². The van der Waals surface area contributed by atoms with Crippen molar-refractivity contribution >= 4 is 46.6 Å². The molecular formula is C26H24Cl2N4O3S. The lowest BCUT2D eigenvalue weighted by atomic mass is 10.2. The lowest BCUT2D eigenvalue weighted by molar-refractivity contribution is -0.113. The van der Waals surface area contributed by atoms with E-state index in [4.69, 9.17) is 32.7 Å². The third-order valence-electron chi connectivity index (χ3n) is 5.03. The number of aryl methyl sites for hydroxylation is 1. The molecule has 0 radical (unpaired) electrons. The molecule has 0 fully saturated rings. The predicted octanol–water partition coefficient (Wildman–Crippen LogP) is 6.59. The van der Waals surface area contributed by atoms with Crippen LogP contribution in [0.4, 0.5) is 5.69 Å². The molecule has 0 aliphatic rings. The summed E-state index contributed by atoms with van der Waals surface area (Å²) in [6.07, 6.45) is 0. The number of ether oxygens (including phenoxy) is 2. The number of halogens is 2. The number of anilines is 1. The molecule has 7 nitrogen and oxygen atoms in total. The van der Waals surface area contributed by atoms with E-state index < -0.39 is 0 Å². The summed E-state index contributed by atoms with van der Waals surface area (Å²) in [4.78, 5) is 12.6. The summed E-state index contributed by atoms with van der Waals surface area (Å²) in [7, 11) is 0. The zero-order valence-corrected chi connectivity index (χ0v) is 22.0. The van der Waals surface area contributed by atoms with E-state index in [9.17, 15) is 4.79 Å².